The number of rotatable bonds is 7. The van der Waals surface area contributed by atoms with Crippen molar-refractivity contribution in [3.63, 3.8) is 0 Å². The van der Waals surface area contributed by atoms with Gasteiger partial charge < -0.3 is 14.8 Å². The molecule has 0 amide bonds. The zero-order chi connectivity index (χ0) is 11.3. The molecular formula is C12H25NO2. The Balaban J connectivity index is 2.08. The lowest BCUT2D eigenvalue weighted by Gasteiger charge is -2.37. The standard InChI is InChI=1S/C12H25NO2/c1-12(2,5-6-14-3)9-13-10-7-11(8-10)15-4/h10-11,13H,5-9H2,1-4H3. The summed E-state index contributed by atoms with van der Waals surface area (Å²) in [6.45, 7) is 6.48. The van der Waals surface area contributed by atoms with Crippen LogP contribution in [0.25, 0.3) is 0 Å². The quantitative estimate of drug-likeness (QED) is 0.702. The van der Waals surface area contributed by atoms with E-state index in [2.05, 4.69) is 19.2 Å². The van der Waals surface area contributed by atoms with E-state index in [4.69, 9.17) is 9.47 Å². The normalized spacial score (nSPS) is 26.4. The van der Waals surface area contributed by atoms with Crippen LogP contribution in [0.4, 0.5) is 0 Å². The maximum atomic E-state index is 5.25. The van der Waals surface area contributed by atoms with Crippen LogP contribution >= 0.6 is 0 Å². The van der Waals surface area contributed by atoms with Crippen LogP contribution in [0.15, 0.2) is 0 Å². The molecule has 0 unspecified atom stereocenters. The van der Waals surface area contributed by atoms with Gasteiger partial charge in [-0.15, -0.1) is 0 Å². The molecule has 0 aliphatic heterocycles. The molecule has 1 fully saturated rings. The molecule has 0 radical (unpaired) electrons. The first-order valence-electron chi connectivity index (χ1n) is 5.82. The summed E-state index contributed by atoms with van der Waals surface area (Å²) in [5, 5.41) is 3.60. The first kappa shape index (κ1) is 12.9. The van der Waals surface area contributed by atoms with Crippen molar-refractivity contribution in [3.8, 4) is 0 Å². The maximum absolute atomic E-state index is 5.25. The summed E-state index contributed by atoms with van der Waals surface area (Å²) in [4.78, 5) is 0. The summed E-state index contributed by atoms with van der Waals surface area (Å²) in [7, 11) is 3.56. The number of ether oxygens (including phenoxy) is 2. The van der Waals surface area contributed by atoms with Gasteiger partial charge in [0.15, 0.2) is 0 Å². The lowest BCUT2D eigenvalue weighted by atomic mass is 9.85. The molecule has 1 aliphatic carbocycles. The van der Waals surface area contributed by atoms with Crippen molar-refractivity contribution in [1.82, 2.24) is 5.32 Å². The average molecular weight is 215 g/mol. The molecule has 0 aromatic heterocycles. The second kappa shape index (κ2) is 5.83. The topological polar surface area (TPSA) is 30.5 Å². The fraction of sp³-hybridized carbons (Fsp3) is 1.00. The van der Waals surface area contributed by atoms with Crippen molar-refractivity contribution in [2.24, 2.45) is 5.41 Å². The van der Waals surface area contributed by atoms with E-state index >= 15 is 0 Å². The summed E-state index contributed by atoms with van der Waals surface area (Å²) in [6, 6.07) is 0.664. The van der Waals surface area contributed by atoms with Crippen molar-refractivity contribution in [2.75, 3.05) is 27.4 Å². The molecule has 0 saturated heterocycles. The second-order valence-corrected chi connectivity index (χ2v) is 5.31. The summed E-state index contributed by atoms with van der Waals surface area (Å²) >= 11 is 0. The third kappa shape index (κ3) is 4.49. The van der Waals surface area contributed by atoms with Gasteiger partial charge in [-0.1, -0.05) is 13.8 Å². The predicted molar refractivity (Wildman–Crippen MR) is 62.1 cm³/mol. The van der Waals surface area contributed by atoms with Crippen LogP contribution in [-0.4, -0.2) is 39.5 Å². The van der Waals surface area contributed by atoms with Crippen molar-refractivity contribution in [3.05, 3.63) is 0 Å². The minimum absolute atomic E-state index is 0.328. The first-order chi connectivity index (χ1) is 7.07. The van der Waals surface area contributed by atoms with E-state index in [-0.39, 0.29) is 0 Å². The molecule has 0 aromatic carbocycles. The molecule has 3 nitrogen and oxygen atoms in total. The van der Waals surface area contributed by atoms with E-state index in [1.165, 1.54) is 0 Å². The monoisotopic (exact) mass is 215 g/mol. The number of nitrogens with one attached hydrogen (secondary N) is 1. The molecule has 1 aliphatic rings. The Morgan fingerprint density at radius 2 is 1.93 bits per heavy atom. The second-order valence-electron chi connectivity index (χ2n) is 5.31. The predicted octanol–water partition coefficient (Wildman–Crippen LogP) is 1.82. The van der Waals surface area contributed by atoms with Crippen molar-refractivity contribution in [1.29, 1.82) is 0 Å². The number of hydrogen-bond donors (Lipinski definition) is 1. The van der Waals surface area contributed by atoms with E-state index in [0.717, 1.165) is 32.4 Å². The zero-order valence-electron chi connectivity index (χ0n) is 10.5. The number of methoxy groups -OCH3 is 2. The van der Waals surface area contributed by atoms with Gasteiger partial charge in [0.2, 0.25) is 0 Å². The van der Waals surface area contributed by atoms with Crippen LogP contribution in [0.5, 0.6) is 0 Å². The molecule has 0 aromatic rings. The van der Waals surface area contributed by atoms with Crippen molar-refractivity contribution < 1.29 is 9.47 Å². The van der Waals surface area contributed by atoms with Crippen LogP contribution < -0.4 is 5.32 Å². The van der Waals surface area contributed by atoms with Crippen molar-refractivity contribution >= 4 is 0 Å². The largest absolute Gasteiger partial charge is 0.385 e. The molecule has 0 bridgehead atoms. The number of hydrogen-bond acceptors (Lipinski definition) is 3. The maximum Gasteiger partial charge on any atom is 0.0601 e. The van der Waals surface area contributed by atoms with Crippen LogP contribution in [0.2, 0.25) is 0 Å². The van der Waals surface area contributed by atoms with Gasteiger partial charge in [0.25, 0.3) is 0 Å². The summed E-state index contributed by atoms with van der Waals surface area (Å²) in [5.74, 6) is 0. The average Bonchev–Trinajstić information content (AvgIpc) is 2.13. The van der Waals surface area contributed by atoms with E-state index in [1.807, 2.05) is 0 Å². The highest BCUT2D eigenvalue weighted by Gasteiger charge is 2.30. The zero-order valence-corrected chi connectivity index (χ0v) is 10.5. The Morgan fingerprint density at radius 3 is 2.47 bits per heavy atom. The highest BCUT2D eigenvalue weighted by atomic mass is 16.5. The van der Waals surface area contributed by atoms with E-state index in [9.17, 15) is 0 Å². The third-order valence-corrected chi connectivity index (χ3v) is 3.28. The molecular weight excluding hydrogens is 190 g/mol. The fourth-order valence-electron chi connectivity index (χ4n) is 1.81. The Bertz CT molecular complexity index is 176. The highest BCUT2D eigenvalue weighted by Crippen LogP contribution is 2.25. The highest BCUT2D eigenvalue weighted by molar-refractivity contribution is 4.87. The minimum atomic E-state index is 0.328. The lowest BCUT2D eigenvalue weighted by molar-refractivity contribution is 0.0140. The van der Waals surface area contributed by atoms with Gasteiger partial charge in [-0.3, -0.25) is 0 Å². The molecule has 1 saturated carbocycles. The Labute approximate surface area is 93.5 Å². The van der Waals surface area contributed by atoms with Crippen LogP contribution in [-0.2, 0) is 9.47 Å². The molecule has 1 rings (SSSR count). The Morgan fingerprint density at radius 1 is 1.27 bits per heavy atom. The molecule has 0 heterocycles. The van der Waals surface area contributed by atoms with Gasteiger partial charge in [0, 0.05) is 33.4 Å². The van der Waals surface area contributed by atoms with Gasteiger partial charge in [0.05, 0.1) is 6.10 Å². The van der Waals surface area contributed by atoms with E-state index in [0.29, 0.717) is 17.6 Å². The molecule has 3 heteroatoms. The van der Waals surface area contributed by atoms with Gasteiger partial charge in [0.1, 0.15) is 0 Å². The van der Waals surface area contributed by atoms with E-state index in [1.54, 1.807) is 14.2 Å². The van der Waals surface area contributed by atoms with Crippen LogP contribution in [0.3, 0.4) is 0 Å². The minimum Gasteiger partial charge on any atom is -0.385 e. The van der Waals surface area contributed by atoms with Crippen molar-refractivity contribution in [2.45, 2.75) is 45.3 Å². The lowest BCUT2D eigenvalue weighted by Crippen LogP contribution is -2.48. The molecule has 0 spiro atoms. The third-order valence-electron chi connectivity index (χ3n) is 3.28. The van der Waals surface area contributed by atoms with Crippen LogP contribution in [0, 0.1) is 5.41 Å². The summed E-state index contributed by atoms with van der Waals surface area (Å²) in [5.41, 5.74) is 0.328. The fourth-order valence-corrected chi connectivity index (χ4v) is 1.81. The van der Waals surface area contributed by atoms with Gasteiger partial charge in [-0.25, -0.2) is 0 Å². The molecule has 1 N–H and O–H groups in total. The molecule has 90 valence electrons. The van der Waals surface area contributed by atoms with Gasteiger partial charge in [-0.2, -0.15) is 0 Å². The van der Waals surface area contributed by atoms with E-state index < -0.39 is 0 Å². The SMILES string of the molecule is COCCC(C)(C)CNC1CC(OC)C1. The molecule has 0 atom stereocenters. The first-order valence-corrected chi connectivity index (χ1v) is 5.82. The summed E-state index contributed by atoms with van der Waals surface area (Å²) < 4.78 is 10.4. The Hall–Kier alpha value is -0.120. The summed E-state index contributed by atoms with van der Waals surface area (Å²) in [6.07, 6.45) is 3.93. The van der Waals surface area contributed by atoms with Crippen LogP contribution in [0.1, 0.15) is 33.1 Å². The van der Waals surface area contributed by atoms with Gasteiger partial charge in [-0.05, 0) is 24.7 Å². The smallest absolute Gasteiger partial charge is 0.0601 e. The Kier molecular flexibility index (Phi) is 5.03. The van der Waals surface area contributed by atoms with Gasteiger partial charge >= 0.3 is 0 Å². The molecule has 15 heavy (non-hydrogen) atoms.